The number of rotatable bonds is 2. The molecule has 1 aliphatic heterocycles. The number of ketones is 1. The second kappa shape index (κ2) is 5.05. The topological polar surface area (TPSA) is 52.6 Å². The van der Waals surface area contributed by atoms with Crippen molar-refractivity contribution in [1.29, 1.82) is 0 Å². The van der Waals surface area contributed by atoms with Gasteiger partial charge in [0.15, 0.2) is 11.4 Å². The number of hydrogen-bond acceptors (Lipinski definition) is 4. The van der Waals surface area contributed by atoms with E-state index >= 15 is 0 Å². The van der Waals surface area contributed by atoms with Gasteiger partial charge < -0.3 is 9.47 Å². The van der Waals surface area contributed by atoms with Crippen molar-refractivity contribution in [3.8, 4) is 0 Å². The zero-order valence-electron chi connectivity index (χ0n) is 10.7. The lowest BCUT2D eigenvalue weighted by atomic mass is 9.76. The van der Waals surface area contributed by atoms with Crippen molar-refractivity contribution < 1.29 is 32.2 Å². The van der Waals surface area contributed by atoms with Crippen molar-refractivity contribution >= 4 is 11.8 Å². The maximum Gasteiger partial charge on any atom is 0.421 e. The van der Waals surface area contributed by atoms with Crippen LogP contribution in [0.2, 0.25) is 0 Å². The highest BCUT2D eigenvalue weighted by molar-refractivity contribution is 5.92. The molecule has 0 aromatic heterocycles. The molecule has 2 rings (SSSR count). The van der Waals surface area contributed by atoms with E-state index in [0.717, 1.165) is 18.2 Å². The van der Waals surface area contributed by atoms with E-state index < -0.39 is 29.4 Å². The van der Waals surface area contributed by atoms with Gasteiger partial charge in [-0.05, 0) is 24.6 Å². The number of allylic oxidation sites excluding steroid dienone is 1. The summed E-state index contributed by atoms with van der Waals surface area (Å²) in [5.41, 5.74) is -2.38. The predicted molar refractivity (Wildman–Crippen MR) is 61.7 cm³/mol. The third-order valence-corrected chi connectivity index (χ3v) is 3.40. The zero-order chi connectivity index (χ0) is 15.0. The SMILES string of the molecule is CCOC(=O)/C=C1\CO[C@]2(C(F)(F)F)C=CC(=O)C[C@H]12. The van der Waals surface area contributed by atoms with Gasteiger partial charge in [-0.3, -0.25) is 4.79 Å². The standard InChI is InChI=1S/C13H13F3O4/c1-2-19-11(18)5-8-7-20-12(13(14,15)16)4-3-9(17)6-10(8)12/h3-5,10H,2,6-7H2,1H3/b8-5+/t10-,12-/m1/s1. The van der Waals surface area contributed by atoms with Crippen LogP contribution in [0.1, 0.15) is 13.3 Å². The van der Waals surface area contributed by atoms with Crippen LogP contribution in [0.15, 0.2) is 23.8 Å². The van der Waals surface area contributed by atoms with Crippen LogP contribution in [0.25, 0.3) is 0 Å². The van der Waals surface area contributed by atoms with Crippen LogP contribution in [0.3, 0.4) is 0 Å². The van der Waals surface area contributed by atoms with Crippen LogP contribution in [0.5, 0.6) is 0 Å². The molecule has 1 saturated heterocycles. The summed E-state index contributed by atoms with van der Waals surface area (Å²) in [5, 5.41) is 0. The van der Waals surface area contributed by atoms with Gasteiger partial charge in [0.1, 0.15) is 0 Å². The van der Waals surface area contributed by atoms with E-state index in [4.69, 9.17) is 4.74 Å². The summed E-state index contributed by atoms with van der Waals surface area (Å²) in [6.45, 7) is 1.37. The van der Waals surface area contributed by atoms with Crippen molar-refractivity contribution in [2.75, 3.05) is 13.2 Å². The maximum absolute atomic E-state index is 13.2. The second-order valence-corrected chi connectivity index (χ2v) is 4.61. The molecule has 110 valence electrons. The third kappa shape index (κ3) is 2.37. The molecule has 0 spiro atoms. The first-order valence-electron chi connectivity index (χ1n) is 6.10. The highest BCUT2D eigenvalue weighted by atomic mass is 19.4. The number of alkyl halides is 3. The first-order chi connectivity index (χ1) is 9.30. The summed E-state index contributed by atoms with van der Waals surface area (Å²) in [5.74, 6) is -2.36. The minimum atomic E-state index is -4.65. The average Bonchev–Trinajstić information content (AvgIpc) is 2.69. The molecular formula is C13H13F3O4. The zero-order valence-corrected chi connectivity index (χ0v) is 10.7. The Bertz CT molecular complexity index is 492. The van der Waals surface area contributed by atoms with Gasteiger partial charge in [-0.1, -0.05) is 0 Å². The van der Waals surface area contributed by atoms with Gasteiger partial charge in [-0.15, -0.1) is 0 Å². The van der Waals surface area contributed by atoms with Gasteiger partial charge in [-0.2, -0.15) is 13.2 Å². The first kappa shape index (κ1) is 14.8. The molecule has 1 fully saturated rings. The Hall–Kier alpha value is -1.63. The van der Waals surface area contributed by atoms with Crippen molar-refractivity contribution in [3.63, 3.8) is 0 Å². The fourth-order valence-corrected chi connectivity index (χ4v) is 2.46. The first-order valence-corrected chi connectivity index (χ1v) is 6.10. The van der Waals surface area contributed by atoms with E-state index in [1.165, 1.54) is 0 Å². The molecule has 0 aromatic rings. The Labute approximate surface area is 113 Å². The molecule has 1 heterocycles. The number of carbonyl (C=O) groups is 2. The Morgan fingerprint density at radius 3 is 2.90 bits per heavy atom. The van der Waals surface area contributed by atoms with Crippen LogP contribution in [-0.4, -0.2) is 36.7 Å². The van der Waals surface area contributed by atoms with Crippen molar-refractivity contribution in [2.45, 2.75) is 25.1 Å². The van der Waals surface area contributed by atoms with Gasteiger partial charge in [0, 0.05) is 18.4 Å². The van der Waals surface area contributed by atoms with E-state index in [-0.39, 0.29) is 25.2 Å². The predicted octanol–water partition coefficient (Wildman–Crippen LogP) is 1.95. The van der Waals surface area contributed by atoms with Gasteiger partial charge in [0.05, 0.1) is 13.2 Å². The molecule has 0 aromatic carbocycles. The average molecular weight is 290 g/mol. The molecule has 7 heteroatoms. The maximum atomic E-state index is 13.2. The lowest BCUT2D eigenvalue weighted by Gasteiger charge is -2.35. The van der Waals surface area contributed by atoms with Crippen LogP contribution in [-0.2, 0) is 19.1 Å². The molecule has 2 aliphatic rings. The van der Waals surface area contributed by atoms with Crippen LogP contribution in [0.4, 0.5) is 13.2 Å². The molecule has 2 atom stereocenters. The van der Waals surface area contributed by atoms with Crippen molar-refractivity contribution in [3.05, 3.63) is 23.8 Å². The highest BCUT2D eigenvalue weighted by Gasteiger charge is 2.64. The smallest absolute Gasteiger partial charge is 0.421 e. The summed E-state index contributed by atoms with van der Waals surface area (Å²) < 4.78 is 49.3. The van der Waals surface area contributed by atoms with E-state index in [1.54, 1.807) is 6.92 Å². The highest BCUT2D eigenvalue weighted by Crippen LogP contribution is 2.51. The van der Waals surface area contributed by atoms with Crippen LogP contribution < -0.4 is 0 Å². The minimum Gasteiger partial charge on any atom is -0.463 e. The number of esters is 1. The number of halogens is 3. The Balaban J connectivity index is 2.37. The largest absolute Gasteiger partial charge is 0.463 e. The van der Waals surface area contributed by atoms with Crippen molar-refractivity contribution in [2.24, 2.45) is 5.92 Å². The van der Waals surface area contributed by atoms with Crippen LogP contribution in [0, 0.1) is 5.92 Å². The Kier molecular flexibility index (Phi) is 3.73. The summed E-state index contributed by atoms with van der Waals surface area (Å²) >= 11 is 0. The van der Waals surface area contributed by atoms with Gasteiger partial charge in [0.25, 0.3) is 0 Å². The second-order valence-electron chi connectivity index (χ2n) is 4.61. The van der Waals surface area contributed by atoms with Crippen LogP contribution >= 0.6 is 0 Å². The summed E-state index contributed by atoms with van der Waals surface area (Å²) in [6, 6.07) is 0. The Morgan fingerprint density at radius 1 is 1.60 bits per heavy atom. The number of ether oxygens (including phenoxy) is 2. The summed E-state index contributed by atoms with van der Waals surface area (Å²) in [7, 11) is 0. The molecular weight excluding hydrogens is 277 g/mol. The molecule has 0 saturated carbocycles. The quantitative estimate of drug-likeness (QED) is 0.576. The molecule has 0 amide bonds. The molecule has 20 heavy (non-hydrogen) atoms. The third-order valence-electron chi connectivity index (χ3n) is 3.40. The number of carbonyl (C=O) groups excluding carboxylic acids is 2. The lowest BCUT2D eigenvalue weighted by Crippen LogP contribution is -2.50. The number of hydrogen-bond donors (Lipinski definition) is 0. The minimum absolute atomic E-state index is 0.122. The van der Waals surface area contributed by atoms with Gasteiger partial charge in [0.2, 0.25) is 0 Å². The van der Waals surface area contributed by atoms with Gasteiger partial charge >= 0.3 is 12.1 Å². The fraction of sp³-hybridized carbons (Fsp3) is 0.538. The molecule has 4 nitrogen and oxygen atoms in total. The monoisotopic (exact) mass is 290 g/mol. The van der Waals surface area contributed by atoms with Crippen molar-refractivity contribution in [1.82, 2.24) is 0 Å². The lowest BCUT2D eigenvalue weighted by molar-refractivity contribution is -0.255. The molecule has 1 aliphatic carbocycles. The van der Waals surface area contributed by atoms with E-state index in [9.17, 15) is 22.8 Å². The van der Waals surface area contributed by atoms with E-state index in [0.29, 0.717) is 0 Å². The summed E-state index contributed by atoms with van der Waals surface area (Å²) in [4.78, 5) is 22.7. The number of fused-ring (bicyclic) bond motifs is 1. The summed E-state index contributed by atoms with van der Waals surface area (Å²) in [6.07, 6.45) is -2.36. The molecule has 0 N–H and O–H groups in total. The fourth-order valence-electron chi connectivity index (χ4n) is 2.46. The molecule has 0 bridgehead atoms. The van der Waals surface area contributed by atoms with E-state index in [1.807, 2.05) is 0 Å². The molecule has 0 radical (unpaired) electrons. The molecule has 0 unspecified atom stereocenters. The Morgan fingerprint density at radius 2 is 2.30 bits per heavy atom. The van der Waals surface area contributed by atoms with E-state index in [2.05, 4.69) is 4.74 Å². The van der Waals surface area contributed by atoms with Gasteiger partial charge in [-0.25, -0.2) is 4.79 Å². The normalized spacial score (nSPS) is 31.5.